The van der Waals surface area contributed by atoms with Crippen molar-refractivity contribution >= 4 is 11.8 Å². The molecule has 0 fully saturated rings. The summed E-state index contributed by atoms with van der Waals surface area (Å²) in [6.45, 7) is 1.75. The van der Waals surface area contributed by atoms with Gasteiger partial charge in [0.1, 0.15) is 12.4 Å². The topological polar surface area (TPSA) is 76.7 Å². The van der Waals surface area contributed by atoms with E-state index < -0.39 is 23.7 Å². The van der Waals surface area contributed by atoms with Crippen LogP contribution in [0.15, 0.2) is 42.5 Å². The van der Waals surface area contributed by atoms with E-state index in [9.17, 15) is 14.0 Å². The van der Waals surface area contributed by atoms with Crippen LogP contribution < -0.4 is 20.3 Å². The molecule has 1 aliphatic heterocycles. The van der Waals surface area contributed by atoms with Crippen molar-refractivity contribution in [2.45, 2.75) is 13.0 Å². The number of carbonyl (C=O) groups excluding carboxylic acids is 2. The monoisotopic (exact) mass is 330 g/mol. The zero-order valence-electron chi connectivity index (χ0n) is 12.8. The van der Waals surface area contributed by atoms with Crippen LogP contribution in [-0.2, 0) is 4.79 Å². The smallest absolute Gasteiger partial charge is 0.283 e. The molecular weight excluding hydrogens is 315 g/mol. The van der Waals surface area contributed by atoms with E-state index in [4.69, 9.17) is 9.47 Å². The summed E-state index contributed by atoms with van der Waals surface area (Å²) in [6.07, 6.45) is -0.914. The summed E-state index contributed by atoms with van der Waals surface area (Å²) >= 11 is 0. The molecule has 3 rings (SSSR count). The number of nitrogens with one attached hydrogen (secondary N) is 2. The number of hydrogen-bond donors (Lipinski definition) is 2. The first-order chi connectivity index (χ1) is 11.5. The molecule has 2 amide bonds. The van der Waals surface area contributed by atoms with Gasteiger partial charge in [0.05, 0.1) is 5.56 Å². The van der Waals surface area contributed by atoms with E-state index >= 15 is 0 Å². The lowest BCUT2D eigenvalue weighted by Gasteiger charge is -2.25. The van der Waals surface area contributed by atoms with E-state index in [1.165, 1.54) is 12.1 Å². The minimum absolute atomic E-state index is 0.0114. The van der Waals surface area contributed by atoms with Crippen molar-refractivity contribution in [3.63, 3.8) is 0 Å². The average molecular weight is 330 g/mol. The lowest BCUT2D eigenvalue weighted by molar-refractivity contribution is -0.131. The highest BCUT2D eigenvalue weighted by atomic mass is 19.1. The van der Waals surface area contributed by atoms with Crippen LogP contribution in [-0.4, -0.2) is 24.5 Å². The van der Waals surface area contributed by atoms with Crippen LogP contribution in [0, 0.1) is 12.7 Å². The normalized spacial score (nSPS) is 15.5. The molecule has 0 saturated carbocycles. The number of hydrogen-bond acceptors (Lipinski definition) is 4. The second-order valence-electron chi connectivity index (χ2n) is 5.29. The molecule has 24 heavy (non-hydrogen) atoms. The van der Waals surface area contributed by atoms with Gasteiger partial charge in [-0.25, -0.2) is 4.39 Å². The maximum atomic E-state index is 13.6. The van der Waals surface area contributed by atoms with E-state index in [0.717, 1.165) is 5.56 Å². The molecule has 2 N–H and O–H groups in total. The van der Waals surface area contributed by atoms with E-state index in [2.05, 4.69) is 10.9 Å². The van der Waals surface area contributed by atoms with Gasteiger partial charge in [0.25, 0.3) is 11.8 Å². The molecular formula is C17H15FN2O4. The van der Waals surface area contributed by atoms with Gasteiger partial charge in [-0.15, -0.1) is 0 Å². The molecule has 0 radical (unpaired) electrons. The molecule has 1 heterocycles. The molecule has 0 saturated heterocycles. The third kappa shape index (κ3) is 3.29. The first kappa shape index (κ1) is 15.8. The van der Waals surface area contributed by atoms with Crippen molar-refractivity contribution in [1.82, 2.24) is 10.9 Å². The van der Waals surface area contributed by atoms with Crippen molar-refractivity contribution in [2.24, 2.45) is 0 Å². The minimum Gasteiger partial charge on any atom is -0.485 e. The molecule has 0 aliphatic carbocycles. The molecule has 2 aromatic carbocycles. The number of benzene rings is 2. The summed E-state index contributed by atoms with van der Waals surface area (Å²) in [5.41, 5.74) is 4.97. The first-order valence-corrected chi connectivity index (χ1v) is 7.29. The zero-order chi connectivity index (χ0) is 17.1. The van der Waals surface area contributed by atoms with E-state index in [1.54, 1.807) is 37.3 Å². The van der Waals surface area contributed by atoms with E-state index in [1.807, 2.05) is 0 Å². The lowest BCUT2D eigenvalue weighted by atomic mass is 10.1. The molecule has 6 nitrogen and oxygen atoms in total. The summed E-state index contributed by atoms with van der Waals surface area (Å²) in [5, 5.41) is 0. The van der Waals surface area contributed by atoms with Gasteiger partial charge in [-0.1, -0.05) is 23.8 Å². The number of rotatable bonds is 2. The summed E-state index contributed by atoms with van der Waals surface area (Å²) in [5.74, 6) is -1.02. The largest absolute Gasteiger partial charge is 0.485 e. The van der Waals surface area contributed by atoms with Crippen molar-refractivity contribution in [3.05, 3.63) is 59.4 Å². The summed E-state index contributed by atoms with van der Waals surface area (Å²) < 4.78 is 24.6. The van der Waals surface area contributed by atoms with Crippen LogP contribution in [0.1, 0.15) is 15.9 Å². The molecule has 0 aromatic heterocycles. The van der Waals surface area contributed by atoms with Crippen LogP contribution in [0.2, 0.25) is 0 Å². The van der Waals surface area contributed by atoms with Crippen LogP contribution in [0.4, 0.5) is 4.39 Å². The minimum atomic E-state index is -0.914. The number of amides is 2. The van der Waals surface area contributed by atoms with Gasteiger partial charge in [0.15, 0.2) is 11.5 Å². The molecule has 0 bridgehead atoms. The third-order valence-electron chi connectivity index (χ3n) is 3.47. The van der Waals surface area contributed by atoms with Crippen LogP contribution >= 0.6 is 0 Å². The molecule has 0 spiro atoms. The Bertz CT molecular complexity index is 794. The highest BCUT2D eigenvalue weighted by molar-refractivity contribution is 5.96. The summed E-state index contributed by atoms with van der Waals surface area (Å²) in [7, 11) is 0. The zero-order valence-corrected chi connectivity index (χ0v) is 12.8. The lowest BCUT2D eigenvalue weighted by Crippen LogP contribution is -2.51. The quantitative estimate of drug-likeness (QED) is 0.822. The highest BCUT2D eigenvalue weighted by Crippen LogP contribution is 2.30. The molecule has 1 unspecified atom stereocenters. The van der Waals surface area contributed by atoms with Gasteiger partial charge in [-0.2, -0.15) is 0 Å². The predicted molar refractivity (Wildman–Crippen MR) is 83.1 cm³/mol. The molecule has 1 aliphatic rings. The number of aryl methyl sites for hydroxylation is 1. The number of hydrazine groups is 1. The maximum Gasteiger partial charge on any atom is 0.283 e. The Kier molecular flexibility index (Phi) is 4.33. The molecule has 2 aromatic rings. The number of ether oxygens (including phenoxy) is 2. The number of carbonyl (C=O) groups is 2. The van der Waals surface area contributed by atoms with Crippen molar-refractivity contribution < 1.29 is 23.5 Å². The van der Waals surface area contributed by atoms with E-state index in [-0.39, 0.29) is 12.2 Å². The second-order valence-corrected chi connectivity index (χ2v) is 5.29. The van der Waals surface area contributed by atoms with Gasteiger partial charge in [0, 0.05) is 0 Å². The Morgan fingerprint density at radius 1 is 1.12 bits per heavy atom. The number of fused-ring (bicyclic) bond motifs is 1. The fraction of sp³-hybridized carbons (Fsp3) is 0.176. The summed E-state index contributed by atoms with van der Waals surface area (Å²) in [6, 6.07) is 11.1. The van der Waals surface area contributed by atoms with Crippen molar-refractivity contribution in [3.8, 4) is 11.5 Å². The fourth-order valence-corrected chi connectivity index (χ4v) is 2.23. The predicted octanol–water partition coefficient (Wildman–Crippen LogP) is 1.74. The van der Waals surface area contributed by atoms with Crippen molar-refractivity contribution in [2.75, 3.05) is 6.61 Å². The Morgan fingerprint density at radius 2 is 1.88 bits per heavy atom. The average Bonchev–Trinajstić information content (AvgIpc) is 2.61. The van der Waals surface area contributed by atoms with E-state index in [0.29, 0.717) is 11.5 Å². The highest BCUT2D eigenvalue weighted by Gasteiger charge is 2.27. The fourth-order valence-electron chi connectivity index (χ4n) is 2.23. The van der Waals surface area contributed by atoms with Gasteiger partial charge in [0.2, 0.25) is 6.10 Å². The Labute approximate surface area is 137 Å². The SMILES string of the molecule is Cc1ccc(F)c(C(=O)NNC(=O)C2COc3ccccc3O2)c1. The van der Waals surface area contributed by atoms with Gasteiger partial charge < -0.3 is 9.47 Å². The summed E-state index contributed by atoms with van der Waals surface area (Å²) in [4.78, 5) is 24.0. The Hall–Kier alpha value is -3.09. The number of halogens is 1. The molecule has 124 valence electrons. The van der Waals surface area contributed by atoms with Gasteiger partial charge in [-0.3, -0.25) is 20.4 Å². The maximum absolute atomic E-state index is 13.6. The molecule has 7 heteroatoms. The Morgan fingerprint density at radius 3 is 2.67 bits per heavy atom. The number of para-hydroxylation sites is 2. The Balaban J connectivity index is 1.60. The first-order valence-electron chi connectivity index (χ1n) is 7.29. The van der Waals surface area contributed by atoms with Gasteiger partial charge >= 0.3 is 0 Å². The molecule has 1 atom stereocenters. The third-order valence-corrected chi connectivity index (χ3v) is 3.47. The van der Waals surface area contributed by atoms with Crippen LogP contribution in [0.5, 0.6) is 11.5 Å². The standard InChI is InChI=1S/C17H15FN2O4/c1-10-6-7-12(18)11(8-10)16(21)19-20-17(22)15-9-23-13-4-2-3-5-14(13)24-15/h2-8,15H,9H2,1H3,(H,19,21)(H,20,22). The second kappa shape index (κ2) is 6.57. The van der Waals surface area contributed by atoms with Crippen molar-refractivity contribution in [1.29, 1.82) is 0 Å². The van der Waals surface area contributed by atoms with Crippen LogP contribution in [0.25, 0.3) is 0 Å². The van der Waals surface area contributed by atoms with Crippen LogP contribution in [0.3, 0.4) is 0 Å². The van der Waals surface area contributed by atoms with Gasteiger partial charge in [-0.05, 0) is 31.2 Å².